The maximum Gasteiger partial charge on any atom is 0.134 e. The van der Waals surface area contributed by atoms with Crippen LogP contribution in [0.15, 0.2) is 41.0 Å². The molecule has 19 heavy (non-hydrogen) atoms. The van der Waals surface area contributed by atoms with Crippen LogP contribution < -0.4 is 5.32 Å². The second-order valence-corrected chi connectivity index (χ2v) is 5.06. The van der Waals surface area contributed by atoms with E-state index in [1.807, 2.05) is 0 Å². The smallest absolute Gasteiger partial charge is 0.134 e. The Hall–Kier alpha value is -1.74. The minimum Gasteiger partial charge on any atom is -0.467 e. The summed E-state index contributed by atoms with van der Waals surface area (Å²) in [5.41, 5.74) is 4.02. The second kappa shape index (κ2) is 5.49. The Morgan fingerprint density at radius 1 is 1.16 bits per heavy atom. The summed E-state index contributed by atoms with van der Waals surface area (Å²) in [4.78, 5) is 0. The van der Waals surface area contributed by atoms with Crippen molar-refractivity contribution in [1.29, 1.82) is 0 Å². The number of aliphatic hydroxyl groups is 1. The van der Waals surface area contributed by atoms with E-state index in [0.717, 1.165) is 12.1 Å². The molecule has 0 saturated carbocycles. The molecular formula is C16H19NO2. The second-order valence-electron chi connectivity index (χ2n) is 5.06. The monoisotopic (exact) mass is 257 g/mol. The van der Waals surface area contributed by atoms with Gasteiger partial charge in [-0.2, -0.15) is 0 Å². The highest BCUT2D eigenvalue weighted by Gasteiger charge is 2.14. The van der Waals surface area contributed by atoms with Gasteiger partial charge in [-0.3, -0.25) is 0 Å². The van der Waals surface area contributed by atoms with Crippen molar-refractivity contribution >= 4 is 5.69 Å². The predicted octanol–water partition coefficient (Wildman–Crippen LogP) is 3.30. The van der Waals surface area contributed by atoms with E-state index in [2.05, 4.69) is 23.5 Å². The van der Waals surface area contributed by atoms with Crippen molar-refractivity contribution in [3.05, 3.63) is 53.5 Å². The van der Waals surface area contributed by atoms with Crippen molar-refractivity contribution in [1.82, 2.24) is 0 Å². The summed E-state index contributed by atoms with van der Waals surface area (Å²) in [7, 11) is 0. The van der Waals surface area contributed by atoms with Gasteiger partial charge in [0.1, 0.15) is 11.9 Å². The van der Waals surface area contributed by atoms with E-state index in [1.54, 1.807) is 18.4 Å². The summed E-state index contributed by atoms with van der Waals surface area (Å²) < 4.78 is 5.21. The fourth-order valence-electron chi connectivity index (χ4n) is 2.74. The summed E-state index contributed by atoms with van der Waals surface area (Å²) in [5, 5.41) is 13.4. The number of nitrogens with one attached hydrogen (secondary N) is 1. The van der Waals surface area contributed by atoms with Gasteiger partial charge in [0.2, 0.25) is 0 Å². The summed E-state index contributed by atoms with van der Waals surface area (Å²) in [5.74, 6) is 0.609. The van der Waals surface area contributed by atoms with Crippen LogP contribution in [-0.2, 0) is 12.8 Å². The lowest BCUT2D eigenvalue weighted by Crippen LogP contribution is -2.14. The highest BCUT2D eigenvalue weighted by molar-refractivity contribution is 5.55. The van der Waals surface area contributed by atoms with Crippen LogP contribution in [0.4, 0.5) is 5.69 Å². The molecule has 1 aliphatic carbocycles. The highest BCUT2D eigenvalue weighted by atomic mass is 16.4. The predicted molar refractivity (Wildman–Crippen MR) is 75.2 cm³/mol. The van der Waals surface area contributed by atoms with Gasteiger partial charge in [0, 0.05) is 12.2 Å². The molecule has 0 radical (unpaired) electrons. The van der Waals surface area contributed by atoms with Gasteiger partial charge < -0.3 is 14.8 Å². The van der Waals surface area contributed by atoms with Gasteiger partial charge in [0.15, 0.2) is 0 Å². The molecule has 3 rings (SSSR count). The van der Waals surface area contributed by atoms with Crippen LogP contribution in [0.25, 0.3) is 0 Å². The third-order valence-electron chi connectivity index (χ3n) is 3.75. The van der Waals surface area contributed by atoms with Crippen molar-refractivity contribution < 1.29 is 9.52 Å². The lowest BCUT2D eigenvalue weighted by molar-refractivity contribution is 0.162. The Balaban J connectivity index is 1.70. The fourth-order valence-corrected chi connectivity index (χ4v) is 2.74. The van der Waals surface area contributed by atoms with Gasteiger partial charge >= 0.3 is 0 Å². The zero-order chi connectivity index (χ0) is 13.1. The standard InChI is InChI=1S/C16H19NO2/c18-15(16-9-4-10-19-16)11-17-14-8-3-6-12-5-1-2-7-13(12)14/h3-4,6,8-10,15,17-18H,1-2,5,7,11H2. The van der Waals surface area contributed by atoms with E-state index in [9.17, 15) is 5.11 Å². The quantitative estimate of drug-likeness (QED) is 0.883. The molecule has 1 aliphatic rings. The average Bonchev–Trinajstić information content (AvgIpc) is 2.99. The van der Waals surface area contributed by atoms with Crippen molar-refractivity contribution in [2.75, 3.05) is 11.9 Å². The van der Waals surface area contributed by atoms with Crippen molar-refractivity contribution in [3.8, 4) is 0 Å². The van der Waals surface area contributed by atoms with Gasteiger partial charge in [-0.1, -0.05) is 12.1 Å². The van der Waals surface area contributed by atoms with Crippen LogP contribution in [0.2, 0.25) is 0 Å². The Labute approximate surface area is 113 Å². The zero-order valence-corrected chi connectivity index (χ0v) is 10.9. The number of anilines is 1. The topological polar surface area (TPSA) is 45.4 Å². The highest BCUT2D eigenvalue weighted by Crippen LogP contribution is 2.28. The third-order valence-corrected chi connectivity index (χ3v) is 3.75. The number of hydrogen-bond donors (Lipinski definition) is 2. The lowest BCUT2D eigenvalue weighted by atomic mass is 9.90. The Morgan fingerprint density at radius 2 is 2.05 bits per heavy atom. The van der Waals surface area contributed by atoms with Crippen LogP contribution in [0.3, 0.4) is 0 Å². The van der Waals surface area contributed by atoms with E-state index in [4.69, 9.17) is 4.42 Å². The average molecular weight is 257 g/mol. The van der Waals surface area contributed by atoms with Crippen LogP contribution in [0.5, 0.6) is 0 Å². The van der Waals surface area contributed by atoms with Crippen LogP contribution in [-0.4, -0.2) is 11.7 Å². The summed E-state index contributed by atoms with van der Waals surface area (Å²) in [6, 6.07) is 9.99. The first-order valence-electron chi connectivity index (χ1n) is 6.90. The molecule has 100 valence electrons. The van der Waals surface area contributed by atoms with E-state index in [0.29, 0.717) is 12.3 Å². The van der Waals surface area contributed by atoms with Gasteiger partial charge in [0.05, 0.1) is 6.26 Å². The van der Waals surface area contributed by atoms with Crippen LogP contribution in [0.1, 0.15) is 35.8 Å². The van der Waals surface area contributed by atoms with Crippen molar-refractivity contribution in [2.45, 2.75) is 31.8 Å². The summed E-state index contributed by atoms with van der Waals surface area (Å²) >= 11 is 0. The number of furan rings is 1. The number of benzene rings is 1. The lowest BCUT2D eigenvalue weighted by Gasteiger charge is -2.20. The zero-order valence-electron chi connectivity index (χ0n) is 10.9. The summed E-state index contributed by atoms with van der Waals surface area (Å²) in [6.45, 7) is 0.476. The van der Waals surface area contributed by atoms with E-state index in [-0.39, 0.29) is 0 Å². The largest absolute Gasteiger partial charge is 0.467 e. The molecule has 2 N–H and O–H groups in total. The van der Waals surface area contributed by atoms with Gasteiger partial charge in [-0.15, -0.1) is 0 Å². The Bertz CT molecular complexity index is 534. The number of aryl methyl sites for hydroxylation is 1. The molecular weight excluding hydrogens is 238 g/mol. The van der Waals surface area contributed by atoms with Crippen LogP contribution >= 0.6 is 0 Å². The fraction of sp³-hybridized carbons (Fsp3) is 0.375. The molecule has 3 nitrogen and oxygen atoms in total. The Morgan fingerprint density at radius 3 is 2.89 bits per heavy atom. The van der Waals surface area contributed by atoms with Gasteiger partial charge in [-0.05, 0) is 55.0 Å². The third kappa shape index (κ3) is 2.66. The van der Waals surface area contributed by atoms with E-state index in [1.165, 1.54) is 30.4 Å². The number of rotatable bonds is 4. The molecule has 1 atom stereocenters. The molecule has 2 aromatic rings. The molecule has 1 heterocycles. The maximum absolute atomic E-state index is 10.0. The first kappa shape index (κ1) is 12.3. The summed E-state index contributed by atoms with van der Waals surface area (Å²) in [6.07, 6.45) is 5.83. The number of fused-ring (bicyclic) bond motifs is 1. The first-order valence-corrected chi connectivity index (χ1v) is 6.90. The molecule has 1 aromatic carbocycles. The normalized spacial score (nSPS) is 15.8. The molecule has 1 aromatic heterocycles. The molecule has 0 amide bonds. The molecule has 1 unspecified atom stereocenters. The minimum absolute atomic E-state index is 0.476. The van der Waals surface area contributed by atoms with E-state index < -0.39 is 6.10 Å². The van der Waals surface area contributed by atoms with Gasteiger partial charge in [0.25, 0.3) is 0 Å². The molecule has 0 saturated heterocycles. The van der Waals surface area contributed by atoms with E-state index >= 15 is 0 Å². The molecule has 3 heteroatoms. The molecule has 0 aliphatic heterocycles. The molecule has 0 fully saturated rings. The van der Waals surface area contributed by atoms with Crippen molar-refractivity contribution in [3.63, 3.8) is 0 Å². The number of hydrogen-bond acceptors (Lipinski definition) is 3. The van der Waals surface area contributed by atoms with Crippen molar-refractivity contribution in [2.24, 2.45) is 0 Å². The van der Waals surface area contributed by atoms with Crippen LogP contribution in [0, 0.1) is 0 Å². The minimum atomic E-state index is -0.602. The maximum atomic E-state index is 10.0. The molecule has 0 bridgehead atoms. The number of aliphatic hydroxyl groups excluding tert-OH is 1. The molecule has 0 spiro atoms. The van der Waals surface area contributed by atoms with Gasteiger partial charge in [-0.25, -0.2) is 0 Å². The SMILES string of the molecule is OC(CNc1cccc2c1CCCC2)c1ccco1. The Kier molecular flexibility index (Phi) is 3.56. The first-order chi connectivity index (χ1) is 9.34.